The molecule has 3 heterocycles. The molecule has 9 nitrogen and oxygen atoms in total. The van der Waals surface area contributed by atoms with Gasteiger partial charge in [-0.15, -0.1) is 0 Å². The maximum Gasteiger partial charge on any atom is 0.243 e. The van der Waals surface area contributed by atoms with E-state index in [1.807, 2.05) is 6.07 Å². The van der Waals surface area contributed by atoms with Gasteiger partial charge in [-0.05, 0) is 104 Å². The van der Waals surface area contributed by atoms with E-state index in [1.54, 1.807) is 59.9 Å². The predicted molar refractivity (Wildman–Crippen MR) is 165 cm³/mol. The molecule has 224 valence electrons. The van der Waals surface area contributed by atoms with Gasteiger partial charge >= 0.3 is 0 Å². The highest BCUT2D eigenvalue weighted by Crippen LogP contribution is 2.27. The first kappa shape index (κ1) is 29.0. The van der Waals surface area contributed by atoms with Crippen molar-refractivity contribution < 1.29 is 17.5 Å². The fourth-order valence-electron chi connectivity index (χ4n) is 5.53. The van der Waals surface area contributed by atoms with Crippen molar-refractivity contribution in [2.75, 3.05) is 36.9 Å². The molecule has 0 bridgehead atoms. The number of ether oxygens (including phenoxy) is 1. The van der Waals surface area contributed by atoms with E-state index in [-0.39, 0.29) is 16.6 Å². The Bertz CT molecular complexity index is 1700. The lowest BCUT2D eigenvalue weighted by Crippen LogP contribution is -2.42. The zero-order valence-corrected chi connectivity index (χ0v) is 24.8. The third kappa shape index (κ3) is 6.96. The minimum absolute atomic E-state index is 0.249. The van der Waals surface area contributed by atoms with Crippen LogP contribution in [0.25, 0.3) is 0 Å². The number of rotatable bonds is 10. The van der Waals surface area contributed by atoms with Crippen LogP contribution in [0.3, 0.4) is 0 Å². The maximum absolute atomic E-state index is 13.6. The van der Waals surface area contributed by atoms with Crippen molar-refractivity contribution in [1.29, 1.82) is 0 Å². The molecular weight excluding hydrogens is 567 g/mol. The topological polar surface area (TPSA) is 108 Å². The van der Waals surface area contributed by atoms with Gasteiger partial charge in [-0.25, -0.2) is 17.8 Å². The van der Waals surface area contributed by atoms with Crippen molar-refractivity contribution in [3.8, 4) is 5.75 Å². The van der Waals surface area contributed by atoms with Gasteiger partial charge < -0.3 is 20.7 Å². The molecule has 1 aromatic heterocycles. The van der Waals surface area contributed by atoms with Gasteiger partial charge in [-0.1, -0.05) is 12.1 Å². The van der Waals surface area contributed by atoms with Gasteiger partial charge in [-0.3, -0.25) is 0 Å². The summed E-state index contributed by atoms with van der Waals surface area (Å²) in [6.45, 7) is 4.97. The highest BCUT2D eigenvalue weighted by molar-refractivity contribution is 7.89. The number of benzene rings is 3. The number of nitrogens with zero attached hydrogens (tertiary/aromatic N) is 3. The van der Waals surface area contributed by atoms with Gasteiger partial charge in [0.15, 0.2) is 0 Å². The smallest absolute Gasteiger partial charge is 0.243 e. The fraction of sp³-hybridized carbons (Fsp3) is 0.312. The second-order valence-corrected chi connectivity index (χ2v) is 13.0. The van der Waals surface area contributed by atoms with Gasteiger partial charge in [0.25, 0.3) is 0 Å². The molecule has 0 saturated carbocycles. The van der Waals surface area contributed by atoms with E-state index in [2.05, 4.69) is 38.1 Å². The molecule has 1 saturated heterocycles. The van der Waals surface area contributed by atoms with Crippen molar-refractivity contribution in [3.63, 3.8) is 0 Å². The first-order chi connectivity index (χ1) is 20.8. The zero-order chi connectivity index (χ0) is 29.8. The highest BCUT2D eigenvalue weighted by Gasteiger charge is 2.30. The van der Waals surface area contributed by atoms with Crippen molar-refractivity contribution in [2.24, 2.45) is 5.92 Å². The van der Waals surface area contributed by atoms with Crippen LogP contribution < -0.4 is 20.7 Å². The lowest BCUT2D eigenvalue weighted by molar-refractivity contribution is 0.260. The molecule has 6 rings (SSSR count). The lowest BCUT2D eigenvalue weighted by Gasteiger charge is -2.32. The Hall–Kier alpha value is -4.06. The Morgan fingerprint density at radius 1 is 1.02 bits per heavy atom. The van der Waals surface area contributed by atoms with Gasteiger partial charge in [0.2, 0.25) is 16.0 Å². The average molecular weight is 603 g/mol. The number of fused-ring (bicyclic) bond motifs is 1. The van der Waals surface area contributed by atoms with Crippen LogP contribution >= 0.6 is 0 Å². The van der Waals surface area contributed by atoms with Crippen molar-refractivity contribution in [3.05, 3.63) is 95.4 Å². The minimum Gasteiger partial charge on any atom is -0.493 e. The summed E-state index contributed by atoms with van der Waals surface area (Å²) in [5.41, 5.74) is 4.38. The first-order valence-electron chi connectivity index (χ1n) is 14.5. The predicted octanol–water partition coefficient (Wildman–Crippen LogP) is 5.54. The van der Waals surface area contributed by atoms with Crippen LogP contribution in [0.1, 0.15) is 29.5 Å². The number of aromatic nitrogens is 2. The molecule has 11 heteroatoms. The standard InChI is InChI=1S/C32H35FN6O3S/c1-22-17-27(7-10-29(22)33)36-31-12-14-35-32(38-31)37-26-5-8-28(9-6-26)43(40,41)39-15-2-3-24(21-39)20-34-19-23-4-11-30-25(18-23)13-16-42-30/h4-12,14,17-18,24,34H,2-3,13,15-16,19-21H2,1H3,(H2,35,36,37,38). The quantitative estimate of drug-likeness (QED) is 0.217. The van der Waals surface area contributed by atoms with Gasteiger partial charge in [0, 0.05) is 43.6 Å². The maximum atomic E-state index is 13.6. The number of sulfonamides is 1. The largest absolute Gasteiger partial charge is 0.493 e. The Kier molecular flexibility index (Phi) is 8.55. The summed E-state index contributed by atoms with van der Waals surface area (Å²) in [5.74, 6) is 1.85. The Morgan fingerprint density at radius 2 is 1.86 bits per heavy atom. The van der Waals surface area contributed by atoms with E-state index in [9.17, 15) is 12.8 Å². The van der Waals surface area contributed by atoms with Crippen molar-refractivity contribution in [1.82, 2.24) is 19.6 Å². The van der Waals surface area contributed by atoms with Gasteiger partial charge in [0.05, 0.1) is 11.5 Å². The van der Waals surface area contributed by atoms with E-state index >= 15 is 0 Å². The number of piperidine rings is 1. The van der Waals surface area contributed by atoms with E-state index in [4.69, 9.17) is 4.74 Å². The molecule has 4 aromatic rings. The SMILES string of the molecule is Cc1cc(Nc2ccnc(Nc3ccc(S(=O)(=O)N4CCCC(CNCc5ccc6c(c5)CCO6)C4)cc3)n2)ccc1F. The molecular formula is C32H35FN6O3S. The minimum atomic E-state index is -3.62. The fourth-order valence-corrected chi connectivity index (χ4v) is 7.08. The van der Waals surface area contributed by atoms with Crippen LogP contribution in [-0.4, -0.2) is 48.9 Å². The molecule has 2 aliphatic rings. The van der Waals surface area contributed by atoms with E-state index in [1.165, 1.54) is 17.2 Å². The molecule has 3 N–H and O–H groups in total. The molecule has 0 aliphatic carbocycles. The number of nitrogens with one attached hydrogen (secondary N) is 3. The molecule has 2 aliphatic heterocycles. The van der Waals surface area contributed by atoms with Gasteiger partial charge in [-0.2, -0.15) is 9.29 Å². The number of halogens is 1. The molecule has 1 atom stereocenters. The Balaban J connectivity index is 1.04. The third-order valence-corrected chi connectivity index (χ3v) is 9.71. The molecule has 0 amide bonds. The van der Waals surface area contributed by atoms with Crippen LogP contribution in [0.2, 0.25) is 0 Å². The summed E-state index contributed by atoms with van der Waals surface area (Å²) in [7, 11) is -3.62. The number of aryl methyl sites for hydroxylation is 1. The zero-order valence-electron chi connectivity index (χ0n) is 24.0. The van der Waals surface area contributed by atoms with Crippen molar-refractivity contribution >= 4 is 33.2 Å². The molecule has 1 fully saturated rings. The summed E-state index contributed by atoms with van der Waals surface area (Å²) in [5, 5.41) is 9.79. The monoisotopic (exact) mass is 602 g/mol. The third-order valence-electron chi connectivity index (χ3n) is 7.83. The highest BCUT2D eigenvalue weighted by atomic mass is 32.2. The lowest BCUT2D eigenvalue weighted by atomic mass is 9.99. The average Bonchev–Trinajstić information content (AvgIpc) is 3.48. The van der Waals surface area contributed by atoms with Gasteiger partial charge in [0.1, 0.15) is 17.4 Å². The molecule has 0 radical (unpaired) electrons. The second kappa shape index (κ2) is 12.7. The van der Waals surface area contributed by atoms with Crippen LogP contribution in [0.5, 0.6) is 5.75 Å². The summed E-state index contributed by atoms with van der Waals surface area (Å²) in [6, 6.07) is 19.4. The summed E-state index contributed by atoms with van der Waals surface area (Å²) in [4.78, 5) is 8.98. The van der Waals surface area contributed by atoms with Crippen LogP contribution in [0.4, 0.5) is 27.5 Å². The van der Waals surface area contributed by atoms with E-state index < -0.39 is 10.0 Å². The Labute approximate surface area is 251 Å². The van der Waals surface area contributed by atoms with E-state index in [0.717, 1.165) is 44.7 Å². The van der Waals surface area contributed by atoms with E-state index in [0.29, 0.717) is 41.8 Å². The number of hydrogen-bond donors (Lipinski definition) is 3. The summed E-state index contributed by atoms with van der Waals surface area (Å²) in [6.07, 6.45) is 4.39. The molecule has 43 heavy (non-hydrogen) atoms. The normalized spacial score (nSPS) is 16.8. The Morgan fingerprint density at radius 3 is 2.70 bits per heavy atom. The van der Waals surface area contributed by atoms with Crippen LogP contribution in [0, 0.1) is 18.7 Å². The molecule has 3 aromatic carbocycles. The van der Waals surface area contributed by atoms with Crippen molar-refractivity contribution in [2.45, 2.75) is 37.6 Å². The molecule has 1 unspecified atom stereocenters. The number of anilines is 4. The molecule has 0 spiro atoms. The second-order valence-electron chi connectivity index (χ2n) is 11.0. The van der Waals surface area contributed by atoms with Crippen LogP contribution in [-0.2, 0) is 23.0 Å². The summed E-state index contributed by atoms with van der Waals surface area (Å²) >= 11 is 0. The van der Waals surface area contributed by atoms with Crippen LogP contribution in [0.15, 0.2) is 77.8 Å². The first-order valence-corrected chi connectivity index (χ1v) is 16.0. The summed E-state index contributed by atoms with van der Waals surface area (Å²) < 4.78 is 47.8. The number of hydrogen-bond acceptors (Lipinski definition) is 8.